The number of nitrogens with one attached hydrogen (secondary N) is 1. The molecule has 0 atom stereocenters. The number of hydrogen-bond donors (Lipinski definition) is 1. The second-order valence-corrected chi connectivity index (χ2v) is 4.57. The molecule has 3 nitrogen and oxygen atoms in total. The summed E-state index contributed by atoms with van der Waals surface area (Å²) in [5, 5.41) is 2.92. The maximum atomic E-state index is 12.9. The van der Waals surface area contributed by atoms with Gasteiger partial charge in [0, 0.05) is 22.5 Å². The van der Waals surface area contributed by atoms with Crippen LogP contribution in [-0.4, -0.2) is 9.97 Å². The summed E-state index contributed by atoms with van der Waals surface area (Å²) in [4.78, 5) is 8.07. The molecule has 6 heteroatoms. The Morgan fingerprint density at radius 2 is 1.82 bits per heavy atom. The maximum absolute atomic E-state index is 12.9. The molecule has 0 saturated carbocycles. The minimum Gasteiger partial charge on any atom is -0.350 e. The number of halogens is 3. The molecule has 0 aliphatic carbocycles. The average molecular weight is 347 g/mol. The molecule has 17 heavy (non-hydrogen) atoms. The zero-order valence-corrected chi connectivity index (χ0v) is 10.8. The van der Waals surface area contributed by atoms with Gasteiger partial charge in [-0.2, -0.15) is 0 Å². The molecule has 1 heterocycles. The largest absolute Gasteiger partial charge is 0.350 e. The van der Waals surface area contributed by atoms with Crippen molar-refractivity contribution in [2.75, 3.05) is 5.32 Å². The van der Waals surface area contributed by atoms with Gasteiger partial charge in [-0.25, -0.2) is 18.7 Å². The molecular weight excluding hydrogens is 339 g/mol. The summed E-state index contributed by atoms with van der Waals surface area (Å²) < 4.78 is 26.5. The summed E-state index contributed by atoms with van der Waals surface area (Å²) in [6.07, 6.45) is 3.34. The van der Waals surface area contributed by atoms with Gasteiger partial charge in [-0.15, -0.1) is 0 Å². The summed E-state index contributed by atoms with van der Waals surface area (Å²) in [5.41, 5.74) is 0.631. The average Bonchev–Trinajstić information content (AvgIpc) is 2.33. The van der Waals surface area contributed by atoms with Crippen LogP contribution in [0.1, 0.15) is 5.56 Å². The van der Waals surface area contributed by atoms with Gasteiger partial charge in [0.05, 0.1) is 0 Å². The van der Waals surface area contributed by atoms with E-state index in [2.05, 4.69) is 37.9 Å². The number of aromatic nitrogens is 2. The first-order valence-corrected chi connectivity index (χ1v) is 5.88. The summed E-state index contributed by atoms with van der Waals surface area (Å²) in [7, 11) is 0. The molecule has 1 aromatic heterocycles. The Balaban J connectivity index is 2.02. The molecule has 0 aliphatic rings. The maximum Gasteiger partial charge on any atom is 0.222 e. The molecule has 88 valence electrons. The molecule has 0 radical (unpaired) electrons. The number of benzene rings is 1. The predicted octanol–water partition coefficient (Wildman–Crippen LogP) is 2.97. The Bertz CT molecular complexity index is 517. The van der Waals surface area contributed by atoms with Crippen molar-refractivity contribution >= 4 is 28.5 Å². The van der Waals surface area contributed by atoms with Crippen LogP contribution in [0.3, 0.4) is 0 Å². The smallest absolute Gasteiger partial charge is 0.222 e. The van der Waals surface area contributed by atoms with Crippen molar-refractivity contribution in [3.63, 3.8) is 0 Å². The van der Waals surface area contributed by atoms with E-state index in [9.17, 15) is 8.78 Å². The van der Waals surface area contributed by atoms with E-state index in [0.29, 0.717) is 18.1 Å². The lowest BCUT2D eigenvalue weighted by Crippen LogP contribution is -2.04. The number of rotatable bonds is 3. The molecule has 1 N–H and O–H groups in total. The van der Waals surface area contributed by atoms with Crippen molar-refractivity contribution in [1.82, 2.24) is 9.97 Å². The fourth-order valence-corrected chi connectivity index (χ4v) is 1.51. The molecule has 2 aromatic rings. The summed E-state index contributed by atoms with van der Waals surface area (Å²) in [6, 6.07) is 3.76. The van der Waals surface area contributed by atoms with Gasteiger partial charge in [0.25, 0.3) is 0 Å². The number of anilines is 1. The SMILES string of the molecule is Fc1ccc(CNc2ncc(I)cn2)cc1F. The van der Waals surface area contributed by atoms with Crippen molar-refractivity contribution in [2.45, 2.75) is 6.54 Å². The summed E-state index contributed by atoms with van der Waals surface area (Å²) >= 11 is 2.10. The normalized spacial score (nSPS) is 10.3. The van der Waals surface area contributed by atoms with Gasteiger partial charge < -0.3 is 5.32 Å². The van der Waals surface area contributed by atoms with Crippen LogP contribution in [0, 0.1) is 15.2 Å². The minimum absolute atomic E-state index is 0.345. The molecule has 0 spiro atoms. The van der Waals surface area contributed by atoms with Crippen LogP contribution in [-0.2, 0) is 6.54 Å². The van der Waals surface area contributed by atoms with Crippen LogP contribution in [0.4, 0.5) is 14.7 Å². The number of nitrogens with zero attached hydrogens (tertiary/aromatic N) is 2. The Hall–Kier alpha value is -1.31. The standard InChI is InChI=1S/C11H8F2IN3/c12-9-2-1-7(3-10(9)13)4-15-11-16-5-8(14)6-17-11/h1-3,5-6H,4H2,(H,15,16,17). The van der Waals surface area contributed by atoms with Crippen molar-refractivity contribution < 1.29 is 8.78 Å². The highest BCUT2D eigenvalue weighted by atomic mass is 127. The van der Waals surface area contributed by atoms with Crippen molar-refractivity contribution in [2.24, 2.45) is 0 Å². The lowest BCUT2D eigenvalue weighted by Gasteiger charge is -2.04. The topological polar surface area (TPSA) is 37.8 Å². The predicted molar refractivity (Wildman–Crippen MR) is 68.4 cm³/mol. The van der Waals surface area contributed by atoms with Gasteiger partial charge in [0.1, 0.15) is 0 Å². The second-order valence-electron chi connectivity index (χ2n) is 3.33. The summed E-state index contributed by atoms with van der Waals surface area (Å²) in [5.74, 6) is -1.25. The van der Waals surface area contributed by atoms with Crippen LogP contribution in [0.15, 0.2) is 30.6 Å². The second kappa shape index (κ2) is 5.35. The van der Waals surface area contributed by atoms with Gasteiger partial charge >= 0.3 is 0 Å². The fraction of sp³-hybridized carbons (Fsp3) is 0.0909. The molecule has 2 rings (SSSR count). The highest BCUT2D eigenvalue weighted by molar-refractivity contribution is 14.1. The van der Waals surface area contributed by atoms with Crippen molar-refractivity contribution in [3.8, 4) is 0 Å². The number of hydrogen-bond acceptors (Lipinski definition) is 3. The fourth-order valence-electron chi connectivity index (χ4n) is 1.23. The molecule has 0 unspecified atom stereocenters. The van der Waals surface area contributed by atoms with Crippen LogP contribution in [0.2, 0.25) is 0 Å². The third-order valence-corrected chi connectivity index (χ3v) is 2.61. The van der Waals surface area contributed by atoms with Gasteiger partial charge in [0.2, 0.25) is 5.95 Å². The molecule has 0 amide bonds. The lowest BCUT2D eigenvalue weighted by molar-refractivity contribution is 0.507. The van der Waals surface area contributed by atoms with E-state index in [4.69, 9.17) is 0 Å². The van der Waals surface area contributed by atoms with Crippen molar-refractivity contribution in [1.29, 1.82) is 0 Å². The molecule has 1 aromatic carbocycles. The van der Waals surface area contributed by atoms with Crippen molar-refractivity contribution in [3.05, 3.63) is 51.4 Å². The van der Waals surface area contributed by atoms with E-state index < -0.39 is 11.6 Å². The van der Waals surface area contributed by atoms with E-state index in [-0.39, 0.29) is 0 Å². The first-order valence-electron chi connectivity index (χ1n) is 4.80. The van der Waals surface area contributed by atoms with Crippen LogP contribution in [0.25, 0.3) is 0 Å². The van der Waals surface area contributed by atoms with Gasteiger partial charge in [-0.1, -0.05) is 6.07 Å². The molecular formula is C11H8F2IN3. The quantitative estimate of drug-likeness (QED) is 0.868. The third kappa shape index (κ3) is 3.32. The van der Waals surface area contributed by atoms with Gasteiger partial charge in [-0.05, 0) is 40.3 Å². The first kappa shape index (κ1) is 12.2. The molecule has 0 saturated heterocycles. The lowest BCUT2D eigenvalue weighted by atomic mass is 10.2. The third-order valence-electron chi connectivity index (χ3n) is 2.05. The zero-order chi connectivity index (χ0) is 12.3. The zero-order valence-electron chi connectivity index (χ0n) is 8.62. The van der Waals surface area contributed by atoms with E-state index in [0.717, 1.165) is 15.7 Å². The molecule has 0 bridgehead atoms. The Morgan fingerprint density at radius 1 is 1.12 bits per heavy atom. The molecule has 0 aliphatic heterocycles. The van der Waals surface area contributed by atoms with Crippen LogP contribution < -0.4 is 5.32 Å². The Kier molecular flexibility index (Phi) is 3.82. The molecule has 0 fully saturated rings. The summed E-state index contributed by atoms with van der Waals surface area (Å²) in [6.45, 7) is 0.345. The van der Waals surface area contributed by atoms with E-state index >= 15 is 0 Å². The van der Waals surface area contributed by atoms with Gasteiger partial charge in [-0.3, -0.25) is 0 Å². The van der Waals surface area contributed by atoms with Gasteiger partial charge in [0.15, 0.2) is 11.6 Å². The van der Waals surface area contributed by atoms with E-state index in [1.165, 1.54) is 6.07 Å². The Labute approximate surface area is 110 Å². The minimum atomic E-state index is -0.854. The first-order chi connectivity index (χ1) is 8.15. The van der Waals surface area contributed by atoms with E-state index in [1.54, 1.807) is 12.4 Å². The monoisotopic (exact) mass is 347 g/mol. The van der Waals surface area contributed by atoms with Crippen LogP contribution in [0.5, 0.6) is 0 Å². The highest BCUT2D eigenvalue weighted by Crippen LogP contribution is 2.10. The van der Waals surface area contributed by atoms with E-state index in [1.807, 2.05) is 0 Å². The van der Waals surface area contributed by atoms with Crippen LogP contribution >= 0.6 is 22.6 Å². The Morgan fingerprint density at radius 3 is 2.47 bits per heavy atom. The highest BCUT2D eigenvalue weighted by Gasteiger charge is 2.02.